The Hall–Kier alpha value is 0.0700. The van der Waals surface area contributed by atoms with Gasteiger partial charge in [0.25, 0.3) is 0 Å². The molecule has 1 rings (SSSR count). The fraction of sp³-hybridized carbons (Fsp3) is 0.615. The van der Waals surface area contributed by atoms with E-state index in [0.717, 1.165) is 27.6 Å². The van der Waals surface area contributed by atoms with Crippen molar-refractivity contribution in [2.75, 3.05) is 6.54 Å². The van der Waals surface area contributed by atoms with Gasteiger partial charge in [-0.25, -0.2) is 0 Å². The molecule has 1 aromatic rings. The summed E-state index contributed by atoms with van der Waals surface area (Å²) in [5, 5.41) is 3.58. The molecule has 0 saturated heterocycles. The van der Waals surface area contributed by atoms with E-state index < -0.39 is 0 Å². The lowest BCUT2D eigenvalue weighted by atomic mass is 9.84. The summed E-state index contributed by atoms with van der Waals surface area (Å²) in [5.74, 6) is 0. The quantitative estimate of drug-likeness (QED) is 0.838. The maximum Gasteiger partial charge on any atom is 0.0721 e. The second kappa shape index (κ2) is 6.30. The summed E-state index contributed by atoms with van der Waals surface area (Å²) in [5.41, 5.74) is 1.22. The summed E-state index contributed by atoms with van der Waals surface area (Å²) in [6.07, 6.45) is 2.98. The lowest BCUT2D eigenvalue weighted by Gasteiger charge is -2.32. The molecule has 2 nitrogen and oxygen atoms in total. The summed E-state index contributed by atoms with van der Waals surface area (Å²) in [6, 6.07) is 2.30. The van der Waals surface area contributed by atoms with Gasteiger partial charge in [-0.1, -0.05) is 27.7 Å². The molecular weight excluding hydrogens is 344 g/mol. The molecular formula is C13H20Br2N2. The molecule has 0 fully saturated rings. The van der Waals surface area contributed by atoms with Crippen molar-refractivity contribution >= 4 is 31.9 Å². The van der Waals surface area contributed by atoms with Crippen LogP contribution >= 0.6 is 31.9 Å². The second-order valence-corrected chi connectivity index (χ2v) is 7.04. The van der Waals surface area contributed by atoms with Gasteiger partial charge in [-0.2, -0.15) is 0 Å². The first-order chi connectivity index (χ1) is 7.86. The van der Waals surface area contributed by atoms with E-state index in [1.54, 1.807) is 0 Å². The molecule has 0 radical (unpaired) electrons. The Morgan fingerprint density at radius 3 is 2.47 bits per heavy atom. The Labute approximate surface area is 121 Å². The number of rotatable bonds is 4. The minimum absolute atomic E-state index is 0.137. The molecule has 0 aliphatic carbocycles. The van der Waals surface area contributed by atoms with Crippen LogP contribution in [0.5, 0.6) is 0 Å². The van der Waals surface area contributed by atoms with E-state index in [0.29, 0.717) is 0 Å². The van der Waals surface area contributed by atoms with E-state index in [-0.39, 0.29) is 11.5 Å². The first-order valence-electron chi connectivity index (χ1n) is 5.90. The van der Waals surface area contributed by atoms with Gasteiger partial charge < -0.3 is 5.32 Å². The molecule has 0 aliphatic heterocycles. The summed E-state index contributed by atoms with van der Waals surface area (Å²) in [7, 11) is 0. The van der Waals surface area contributed by atoms with Crippen molar-refractivity contribution in [1.29, 1.82) is 0 Å². The molecule has 0 aromatic carbocycles. The highest BCUT2D eigenvalue weighted by atomic mass is 79.9. The monoisotopic (exact) mass is 362 g/mol. The van der Waals surface area contributed by atoms with Gasteiger partial charge in [-0.05, 0) is 56.3 Å². The molecule has 0 bridgehead atoms. The van der Waals surface area contributed by atoms with Gasteiger partial charge in [0.1, 0.15) is 0 Å². The van der Waals surface area contributed by atoms with Crippen LogP contribution in [0.15, 0.2) is 21.2 Å². The highest BCUT2D eigenvalue weighted by Gasteiger charge is 2.28. The SMILES string of the molecule is CCCNC(c1ncc(Br)cc1Br)C(C)(C)C. The molecule has 4 heteroatoms. The number of hydrogen-bond acceptors (Lipinski definition) is 2. The highest BCUT2D eigenvalue weighted by molar-refractivity contribution is 9.11. The van der Waals surface area contributed by atoms with E-state index in [1.165, 1.54) is 0 Å². The van der Waals surface area contributed by atoms with Crippen molar-refractivity contribution in [2.24, 2.45) is 5.41 Å². The normalized spacial score (nSPS) is 13.8. The molecule has 0 aliphatic rings. The zero-order valence-corrected chi connectivity index (χ0v) is 14.0. The van der Waals surface area contributed by atoms with Crippen LogP contribution in [0.25, 0.3) is 0 Å². The molecule has 0 spiro atoms. The average molecular weight is 364 g/mol. The number of nitrogens with zero attached hydrogens (tertiary/aromatic N) is 1. The molecule has 1 aromatic heterocycles. The highest BCUT2D eigenvalue weighted by Crippen LogP contribution is 2.35. The van der Waals surface area contributed by atoms with Crippen molar-refractivity contribution < 1.29 is 0 Å². The Morgan fingerprint density at radius 2 is 2.00 bits per heavy atom. The summed E-state index contributed by atoms with van der Waals surface area (Å²) >= 11 is 7.04. The molecule has 96 valence electrons. The maximum atomic E-state index is 4.54. The van der Waals surface area contributed by atoms with Gasteiger partial charge in [0, 0.05) is 15.1 Å². The van der Waals surface area contributed by atoms with Gasteiger partial charge in [0.2, 0.25) is 0 Å². The fourth-order valence-electron chi connectivity index (χ4n) is 1.74. The van der Waals surface area contributed by atoms with Gasteiger partial charge in [0.15, 0.2) is 0 Å². The molecule has 1 atom stereocenters. The largest absolute Gasteiger partial charge is 0.308 e. The topological polar surface area (TPSA) is 24.9 Å². The van der Waals surface area contributed by atoms with E-state index >= 15 is 0 Å². The van der Waals surface area contributed by atoms with Crippen molar-refractivity contribution in [3.05, 3.63) is 26.9 Å². The predicted octanol–water partition coefficient (Wildman–Crippen LogP) is 4.69. The summed E-state index contributed by atoms with van der Waals surface area (Å²) in [4.78, 5) is 4.54. The minimum Gasteiger partial charge on any atom is -0.308 e. The minimum atomic E-state index is 0.137. The number of pyridine rings is 1. The van der Waals surface area contributed by atoms with Gasteiger partial charge in [-0.3, -0.25) is 4.98 Å². The smallest absolute Gasteiger partial charge is 0.0721 e. The lowest BCUT2D eigenvalue weighted by Crippen LogP contribution is -2.33. The molecule has 0 amide bonds. The molecule has 1 heterocycles. The van der Waals surface area contributed by atoms with E-state index in [2.05, 4.69) is 75.9 Å². The van der Waals surface area contributed by atoms with E-state index in [9.17, 15) is 0 Å². The third-order valence-corrected chi connectivity index (χ3v) is 3.64. The van der Waals surface area contributed by atoms with Gasteiger partial charge >= 0.3 is 0 Å². The maximum absolute atomic E-state index is 4.54. The third kappa shape index (κ3) is 4.34. The lowest BCUT2D eigenvalue weighted by molar-refractivity contribution is 0.267. The zero-order chi connectivity index (χ0) is 13.1. The van der Waals surface area contributed by atoms with E-state index in [1.807, 2.05) is 6.20 Å². The molecule has 17 heavy (non-hydrogen) atoms. The fourth-order valence-corrected chi connectivity index (χ4v) is 2.96. The van der Waals surface area contributed by atoms with Crippen LogP contribution < -0.4 is 5.32 Å². The standard InChI is InChI=1S/C13H20Br2N2/c1-5-6-16-12(13(2,3)4)11-10(15)7-9(14)8-17-11/h7-8,12,16H,5-6H2,1-4H3. The number of aromatic nitrogens is 1. The second-order valence-electron chi connectivity index (χ2n) is 5.27. The van der Waals surface area contributed by atoms with Gasteiger partial charge in [0.05, 0.1) is 11.7 Å². The third-order valence-electron chi connectivity index (χ3n) is 2.57. The summed E-state index contributed by atoms with van der Waals surface area (Å²) in [6.45, 7) is 9.88. The van der Waals surface area contributed by atoms with Crippen LogP contribution in [0.3, 0.4) is 0 Å². The van der Waals surface area contributed by atoms with Crippen LogP contribution in [0.4, 0.5) is 0 Å². The van der Waals surface area contributed by atoms with Crippen molar-refractivity contribution in [3.63, 3.8) is 0 Å². The molecule has 1 N–H and O–H groups in total. The average Bonchev–Trinajstić information content (AvgIpc) is 2.19. The number of hydrogen-bond donors (Lipinski definition) is 1. The van der Waals surface area contributed by atoms with Crippen LogP contribution in [-0.2, 0) is 0 Å². The Bertz CT molecular complexity index is 372. The Kier molecular flexibility index (Phi) is 5.61. The number of halogens is 2. The van der Waals surface area contributed by atoms with Crippen LogP contribution in [0, 0.1) is 5.41 Å². The van der Waals surface area contributed by atoms with Crippen LogP contribution in [0.2, 0.25) is 0 Å². The Morgan fingerprint density at radius 1 is 1.35 bits per heavy atom. The predicted molar refractivity (Wildman–Crippen MR) is 80.1 cm³/mol. The first-order valence-corrected chi connectivity index (χ1v) is 7.49. The Balaban J connectivity index is 3.04. The first kappa shape index (κ1) is 15.1. The molecule has 0 saturated carbocycles. The molecule has 1 unspecified atom stereocenters. The summed E-state index contributed by atoms with van der Waals surface area (Å²) < 4.78 is 2.05. The van der Waals surface area contributed by atoms with Crippen LogP contribution in [0.1, 0.15) is 45.9 Å². The van der Waals surface area contributed by atoms with Crippen LogP contribution in [-0.4, -0.2) is 11.5 Å². The van der Waals surface area contributed by atoms with E-state index in [4.69, 9.17) is 0 Å². The van der Waals surface area contributed by atoms with Crippen molar-refractivity contribution in [1.82, 2.24) is 10.3 Å². The van der Waals surface area contributed by atoms with Gasteiger partial charge in [-0.15, -0.1) is 0 Å². The number of nitrogens with one attached hydrogen (secondary N) is 1. The van der Waals surface area contributed by atoms with Crippen molar-refractivity contribution in [3.8, 4) is 0 Å². The zero-order valence-electron chi connectivity index (χ0n) is 10.8. The van der Waals surface area contributed by atoms with Crippen molar-refractivity contribution in [2.45, 2.75) is 40.2 Å².